The fourth-order valence-corrected chi connectivity index (χ4v) is 3.83. The van der Waals surface area contributed by atoms with Crippen LogP contribution < -0.4 is 4.90 Å². The number of nitrogens with zero attached hydrogens (tertiary/aromatic N) is 7. The maximum Gasteiger partial charge on any atom is 0.254 e. The summed E-state index contributed by atoms with van der Waals surface area (Å²) in [5.41, 5.74) is 1.99. The van der Waals surface area contributed by atoms with Crippen LogP contribution in [0, 0.1) is 19.8 Å². The number of rotatable bonds is 3. The largest absolute Gasteiger partial charge is 0.352 e. The van der Waals surface area contributed by atoms with Gasteiger partial charge in [-0.15, -0.1) is 0 Å². The second-order valence-corrected chi connectivity index (χ2v) is 7.36. The van der Waals surface area contributed by atoms with Gasteiger partial charge in [-0.2, -0.15) is 14.6 Å². The molecule has 1 atom stereocenters. The van der Waals surface area contributed by atoms with Gasteiger partial charge in [0.05, 0.1) is 12.0 Å². The van der Waals surface area contributed by atoms with Crippen molar-refractivity contribution in [2.24, 2.45) is 5.92 Å². The van der Waals surface area contributed by atoms with Gasteiger partial charge in [0.1, 0.15) is 12.1 Å². The Hall–Kier alpha value is -2.71. The van der Waals surface area contributed by atoms with Gasteiger partial charge in [-0.25, -0.2) is 4.98 Å². The van der Waals surface area contributed by atoms with Gasteiger partial charge in [-0.05, 0) is 13.8 Å². The zero-order valence-corrected chi connectivity index (χ0v) is 15.5. The molecule has 138 valence electrons. The van der Waals surface area contributed by atoms with Crippen LogP contribution in [-0.4, -0.2) is 81.0 Å². The third-order valence-electron chi connectivity index (χ3n) is 5.43. The Balaban J connectivity index is 1.50. The van der Waals surface area contributed by atoms with E-state index in [4.69, 9.17) is 0 Å². The van der Waals surface area contributed by atoms with Crippen molar-refractivity contribution in [3.05, 3.63) is 17.6 Å². The molecule has 4 rings (SSSR count). The lowest BCUT2D eigenvalue weighted by Crippen LogP contribution is -2.60. The van der Waals surface area contributed by atoms with Crippen molar-refractivity contribution in [3.8, 4) is 0 Å². The standard InChI is InChI=1S/C17H23N7O2/c1-10-11(2)20-17-18-9-19-24(17)15(10)22-7-13(8-22)23-6-12(5-14(23)25)16(26)21(3)4/h9,12-13H,5-8H2,1-4H3. The quantitative estimate of drug-likeness (QED) is 0.760. The highest BCUT2D eigenvalue weighted by molar-refractivity contribution is 5.89. The summed E-state index contributed by atoms with van der Waals surface area (Å²) in [6.07, 6.45) is 1.82. The van der Waals surface area contributed by atoms with E-state index in [9.17, 15) is 9.59 Å². The number of hydrogen-bond donors (Lipinski definition) is 0. The Morgan fingerprint density at radius 3 is 2.65 bits per heavy atom. The Morgan fingerprint density at radius 1 is 1.23 bits per heavy atom. The van der Waals surface area contributed by atoms with Gasteiger partial charge in [0.2, 0.25) is 11.8 Å². The first-order chi connectivity index (χ1) is 12.4. The average Bonchev–Trinajstić information content (AvgIpc) is 3.15. The number of carbonyl (C=O) groups excluding carboxylic acids is 2. The fourth-order valence-electron chi connectivity index (χ4n) is 3.83. The summed E-state index contributed by atoms with van der Waals surface area (Å²) < 4.78 is 1.75. The fraction of sp³-hybridized carbons (Fsp3) is 0.588. The summed E-state index contributed by atoms with van der Waals surface area (Å²) in [5, 5.41) is 4.29. The van der Waals surface area contributed by atoms with Crippen molar-refractivity contribution >= 4 is 23.4 Å². The van der Waals surface area contributed by atoms with Crippen LogP contribution in [-0.2, 0) is 9.59 Å². The van der Waals surface area contributed by atoms with Gasteiger partial charge >= 0.3 is 0 Å². The molecule has 2 fully saturated rings. The number of aromatic nitrogens is 4. The molecule has 0 aromatic carbocycles. The van der Waals surface area contributed by atoms with Gasteiger partial charge in [-0.1, -0.05) is 0 Å². The van der Waals surface area contributed by atoms with Crippen LogP contribution in [0.4, 0.5) is 5.82 Å². The zero-order valence-electron chi connectivity index (χ0n) is 15.5. The third kappa shape index (κ3) is 2.49. The Bertz CT molecular complexity index is 885. The van der Waals surface area contributed by atoms with Crippen LogP contribution in [0.3, 0.4) is 0 Å². The maximum absolute atomic E-state index is 12.4. The molecule has 9 heteroatoms. The van der Waals surface area contributed by atoms with Crippen molar-refractivity contribution < 1.29 is 9.59 Å². The third-order valence-corrected chi connectivity index (χ3v) is 5.43. The van der Waals surface area contributed by atoms with E-state index >= 15 is 0 Å². The summed E-state index contributed by atoms with van der Waals surface area (Å²) >= 11 is 0. The summed E-state index contributed by atoms with van der Waals surface area (Å²) in [6.45, 7) is 5.97. The van der Waals surface area contributed by atoms with Crippen molar-refractivity contribution in [2.45, 2.75) is 26.3 Å². The molecule has 0 bridgehead atoms. The number of carbonyl (C=O) groups is 2. The lowest BCUT2D eigenvalue weighted by Gasteiger charge is -2.45. The molecule has 1 unspecified atom stereocenters. The van der Waals surface area contributed by atoms with Crippen LogP contribution in [0.5, 0.6) is 0 Å². The molecule has 9 nitrogen and oxygen atoms in total. The van der Waals surface area contributed by atoms with Gasteiger partial charge < -0.3 is 14.7 Å². The first-order valence-electron chi connectivity index (χ1n) is 8.79. The zero-order chi connectivity index (χ0) is 18.6. The van der Waals surface area contributed by atoms with Crippen molar-refractivity contribution in [1.82, 2.24) is 29.4 Å². The summed E-state index contributed by atoms with van der Waals surface area (Å²) in [6, 6.07) is 0.133. The lowest BCUT2D eigenvalue weighted by atomic mass is 10.1. The molecule has 2 aromatic heterocycles. The van der Waals surface area contributed by atoms with Gasteiger partial charge in [0, 0.05) is 51.4 Å². The minimum Gasteiger partial charge on any atom is -0.352 e. The maximum atomic E-state index is 12.4. The minimum absolute atomic E-state index is 0.0296. The van der Waals surface area contributed by atoms with Gasteiger partial charge in [0.25, 0.3) is 5.78 Å². The molecule has 2 amide bonds. The van der Waals surface area contributed by atoms with Crippen LogP contribution >= 0.6 is 0 Å². The summed E-state index contributed by atoms with van der Waals surface area (Å²) in [5.74, 6) is 1.44. The van der Waals surface area contributed by atoms with E-state index < -0.39 is 0 Å². The van der Waals surface area contributed by atoms with E-state index in [-0.39, 0.29) is 23.8 Å². The normalized spacial score (nSPS) is 20.8. The highest BCUT2D eigenvalue weighted by Crippen LogP contribution is 2.31. The SMILES string of the molecule is Cc1nc2ncnn2c(N2CC(N3CC(C(=O)N(C)C)CC3=O)C2)c1C. The first kappa shape index (κ1) is 16.7. The van der Waals surface area contributed by atoms with Crippen LogP contribution in [0.1, 0.15) is 17.7 Å². The molecule has 26 heavy (non-hydrogen) atoms. The Labute approximate surface area is 151 Å². The number of anilines is 1. The molecule has 0 aliphatic carbocycles. The topological polar surface area (TPSA) is 86.9 Å². The molecule has 0 spiro atoms. The minimum atomic E-state index is -0.224. The van der Waals surface area contributed by atoms with E-state index in [0.717, 1.165) is 30.2 Å². The lowest BCUT2D eigenvalue weighted by molar-refractivity contribution is -0.133. The number of fused-ring (bicyclic) bond motifs is 1. The Morgan fingerprint density at radius 2 is 1.96 bits per heavy atom. The van der Waals surface area contributed by atoms with Gasteiger partial charge in [0.15, 0.2) is 0 Å². The second kappa shape index (κ2) is 5.93. The monoisotopic (exact) mass is 357 g/mol. The summed E-state index contributed by atoms with van der Waals surface area (Å²) in [7, 11) is 3.47. The van der Waals surface area contributed by atoms with Crippen molar-refractivity contribution in [1.29, 1.82) is 0 Å². The number of aryl methyl sites for hydroxylation is 1. The molecule has 0 radical (unpaired) electrons. The molecule has 2 aromatic rings. The molecule has 4 heterocycles. The predicted octanol–water partition coefficient (Wildman–Crippen LogP) is -0.134. The van der Waals surface area contributed by atoms with Crippen LogP contribution in [0.2, 0.25) is 0 Å². The first-order valence-corrected chi connectivity index (χ1v) is 8.79. The molecular weight excluding hydrogens is 334 g/mol. The highest BCUT2D eigenvalue weighted by Gasteiger charge is 2.43. The van der Waals surface area contributed by atoms with Crippen LogP contribution in [0.25, 0.3) is 5.78 Å². The average molecular weight is 357 g/mol. The predicted molar refractivity (Wildman–Crippen MR) is 94.8 cm³/mol. The molecule has 2 aliphatic heterocycles. The van der Waals surface area contributed by atoms with Crippen molar-refractivity contribution in [2.75, 3.05) is 38.6 Å². The summed E-state index contributed by atoms with van der Waals surface area (Å²) in [4.78, 5) is 38.8. The number of hydrogen-bond acceptors (Lipinski definition) is 6. The van der Waals surface area contributed by atoms with Crippen molar-refractivity contribution in [3.63, 3.8) is 0 Å². The Kier molecular flexibility index (Phi) is 3.82. The van der Waals surface area contributed by atoms with Gasteiger partial charge in [-0.3, -0.25) is 9.59 Å². The molecule has 2 aliphatic rings. The van der Waals surface area contributed by atoms with Crippen LogP contribution in [0.15, 0.2) is 6.33 Å². The second-order valence-electron chi connectivity index (χ2n) is 7.36. The van der Waals surface area contributed by atoms with E-state index in [0.29, 0.717) is 18.7 Å². The number of likely N-dealkylation sites (tertiary alicyclic amines) is 1. The van der Waals surface area contributed by atoms with E-state index in [2.05, 4.69) is 20.0 Å². The smallest absolute Gasteiger partial charge is 0.254 e. The van der Waals surface area contributed by atoms with E-state index in [1.165, 1.54) is 6.33 Å². The van der Waals surface area contributed by atoms with E-state index in [1.807, 2.05) is 18.7 Å². The number of amides is 2. The highest BCUT2D eigenvalue weighted by atomic mass is 16.2. The molecule has 0 N–H and O–H groups in total. The molecular formula is C17H23N7O2. The molecule has 0 saturated carbocycles. The van der Waals surface area contributed by atoms with E-state index in [1.54, 1.807) is 23.5 Å². The molecule has 2 saturated heterocycles.